The van der Waals surface area contributed by atoms with Crippen LogP contribution in [0, 0.1) is 0 Å². The molecule has 0 atom stereocenters. The molecule has 0 radical (unpaired) electrons. The summed E-state index contributed by atoms with van der Waals surface area (Å²) in [7, 11) is 0. The fraction of sp³-hybridized carbons (Fsp3) is 0.500. The Hall–Kier alpha value is -0.650. The van der Waals surface area contributed by atoms with Crippen LogP contribution in [0.5, 0.6) is 0 Å². The van der Waals surface area contributed by atoms with E-state index in [4.69, 9.17) is 5.73 Å². The van der Waals surface area contributed by atoms with Crippen molar-refractivity contribution in [2.24, 2.45) is 0 Å². The first-order valence-corrected chi connectivity index (χ1v) is 5.24. The number of hydrogen-bond donors (Lipinski definition) is 1. The van der Waals surface area contributed by atoms with E-state index in [1.165, 1.54) is 19.2 Å². The molecule has 0 amide bonds. The molecule has 0 aliphatic carbocycles. The molecular weight excluding hydrogens is 213 g/mol. The molecule has 0 bridgehead atoms. The summed E-state index contributed by atoms with van der Waals surface area (Å²) in [4.78, 5) is 12.3. The summed E-state index contributed by atoms with van der Waals surface area (Å²) in [6.45, 7) is 3.13. The number of aromatic nitrogens is 4. The Kier molecular flexibility index (Phi) is 5.18. The van der Waals surface area contributed by atoms with Gasteiger partial charge in [0.25, 0.3) is 0 Å². The molecule has 0 aromatic carbocycles. The zero-order chi connectivity index (χ0) is 10.7. The summed E-state index contributed by atoms with van der Waals surface area (Å²) in [5.41, 5.74) is 7.23. The van der Waals surface area contributed by atoms with Crippen molar-refractivity contribution >= 4 is 46.5 Å². The molecular formula is C10H16N5Na. The second kappa shape index (κ2) is 6.18. The first-order chi connectivity index (χ1) is 7.33. The predicted octanol–water partition coefficient (Wildman–Crippen LogP) is 0.950. The van der Waals surface area contributed by atoms with Crippen LogP contribution in [-0.2, 0) is 6.54 Å². The van der Waals surface area contributed by atoms with Gasteiger partial charge in [-0.05, 0) is 6.42 Å². The van der Waals surface area contributed by atoms with Gasteiger partial charge in [0.15, 0.2) is 11.5 Å². The first kappa shape index (κ1) is 13.4. The molecule has 5 nitrogen and oxygen atoms in total. The van der Waals surface area contributed by atoms with Gasteiger partial charge >= 0.3 is 29.6 Å². The number of nitrogens with zero attached hydrogens (tertiary/aromatic N) is 4. The van der Waals surface area contributed by atoms with E-state index in [-0.39, 0.29) is 29.6 Å². The summed E-state index contributed by atoms with van der Waals surface area (Å²) in [5.74, 6) is 0.453. The van der Waals surface area contributed by atoms with Crippen LogP contribution in [0.2, 0.25) is 0 Å². The summed E-state index contributed by atoms with van der Waals surface area (Å²) in [5, 5.41) is 0. The van der Waals surface area contributed by atoms with Crippen molar-refractivity contribution in [3.8, 4) is 0 Å². The predicted molar refractivity (Wildman–Crippen MR) is 66.4 cm³/mol. The van der Waals surface area contributed by atoms with E-state index in [1.54, 1.807) is 6.33 Å². The molecule has 0 aliphatic rings. The van der Waals surface area contributed by atoms with Crippen LogP contribution in [0.25, 0.3) is 11.2 Å². The average molecular weight is 229 g/mol. The van der Waals surface area contributed by atoms with Crippen molar-refractivity contribution in [1.82, 2.24) is 19.5 Å². The van der Waals surface area contributed by atoms with Crippen LogP contribution in [0.4, 0.5) is 5.82 Å². The normalized spacial score (nSPS) is 10.3. The van der Waals surface area contributed by atoms with Gasteiger partial charge in [-0.1, -0.05) is 19.8 Å². The zero-order valence-electron chi connectivity index (χ0n) is 8.85. The van der Waals surface area contributed by atoms with Gasteiger partial charge in [-0.15, -0.1) is 0 Å². The maximum absolute atomic E-state index is 5.70. The summed E-state index contributed by atoms with van der Waals surface area (Å²) >= 11 is 0. The van der Waals surface area contributed by atoms with Gasteiger partial charge in [0, 0.05) is 6.54 Å². The molecule has 0 aliphatic heterocycles. The minimum absolute atomic E-state index is 0. The monoisotopic (exact) mass is 229 g/mol. The van der Waals surface area contributed by atoms with Crippen molar-refractivity contribution in [1.29, 1.82) is 0 Å². The first-order valence-electron chi connectivity index (χ1n) is 5.24. The Morgan fingerprint density at radius 2 is 2.06 bits per heavy atom. The van der Waals surface area contributed by atoms with Gasteiger partial charge in [-0.3, -0.25) is 0 Å². The van der Waals surface area contributed by atoms with E-state index in [0.29, 0.717) is 11.3 Å². The summed E-state index contributed by atoms with van der Waals surface area (Å²) in [6, 6.07) is 0. The number of fused-ring (bicyclic) bond motifs is 1. The fourth-order valence-corrected chi connectivity index (χ4v) is 1.59. The molecule has 82 valence electrons. The Bertz CT molecular complexity index is 453. The molecule has 2 aromatic heterocycles. The van der Waals surface area contributed by atoms with E-state index < -0.39 is 0 Å². The number of anilines is 1. The molecule has 16 heavy (non-hydrogen) atoms. The Morgan fingerprint density at radius 3 is 2.81 bits per heavy atom. The van der Waals surface area contributed by atoms with E-state index >= 15 is 0 Å². The Morgan fingerprint density at radius 1 is 1.25 bits per heavy atom. The van der Waals surface area contributed by atoms with Gasteiger partial charge < -0.3 is 10.3 Å². The second-order valence-electron chi connectivity index (χ2n) is 3.58. The topological polar surface area (TPSA) is 69.6 Å². The van der Waals surface area contributed by atoms with E-state index in [2.05, 4.69) is 21.9 Å². The molecule has 2 rings (SSSR count). The fourth-order valence-electron chi connectivity index (χ4n) is 1.59. The average Bonchev–Trinajstić information content (AvgIpc) is 2.64. The van der Waals surface area contributed by atoms with Crippen LogP contribution >= 0.6 is 0 Å². The minimum atomic E-state index is 0. The number of aryl methyl sites for hydroxylation is 1. The van der Waals surface area contributed by atoms with Crippen molar-refractivity contribution in [3.63, 3.8) is 0 Å². The second-order valence-corrected chi connectivity index (χ2v) is 3.58. The molecule has 0 saturated carbocycles. The molecule has 0 saturated heterocycles. The number of nitrogen functional groups attached to an aromatic ring is 1. The summed E-state index contributed by atoms with van der Waals surface area (Å²) in [6.07, 6.45) is 6.84. The van der Waals surface area contributed by atoms with Gasteiger partial charge in [-0.2, -0.15) is 0 Å². The van der Waals surface area contributed by atoms with E-state index in [9.17, 15) is 0 Å². The van der Waals surface area contributed by atoms with Gasteiger partial charge in [-0.25, -0.2) is 15.0 Å². The third kappa shape index (κ3) is 2.72. The number of rotatable bonds is 4. The van der Waals surface area contributed by atoms with Crippen LogP contribution in [0.3, 0.4) is 0 Å². The number of imidazole rings is 1. The van der Waals surface area contributed by atoms with E-state index in [1.807, 2.05) is 4.57 Å². The molecule has 2 aromatic rings. The third-order valence-electron chi connectivity index (χ3n) is 2.43. The van der Waals surface area contributed by atoms with Crippen LogP contribution in [0.1, 0.15) is 26.2 Å². The van der Waals surface area contributed by atoms with Crippen LogP contribution < -0.4 is 5.73 Å². The van der Waals surface area contributed by atoms with Crippen molar-refractivity contribution in [2.45, 2.75) is 32.7 Å². The van der Waals surface area contributed by atoms with Crippen molar-refractivity contribution < 1.29 is 0 Å². The molecule has 0 spiro atoms. The van der Waals surface area contributed by atoms with E-state index in [0.717, 1.165) is 18.6 Å². The number of nitrogens with two attached hydrogens (primary N) is 1. The van der Waals surface area contributed by atoms with Gasteiger partial charge in [0.2, 0.25) is 0 Å². The molecule has 0 fully saturated rings. The van der Waals surface area contributed by atoms with Crippen molar-refractivity contribution in [2.75, 3.05) is 5.73 Å². The van der Waals surface area contributed by atoms with Crippen LogP contribution in [-0.4, -0.2) is 49.1 Å². The van der Waals surface area contributed by atoms with Crippen LogP contribution in [0.15, 0.2) is 12.7 Å². The van der Waals surface area contributed by atoms with Gasteiger partial charge in [0.1, 0.15) is 11.8 Å². The molecule has 6 heteroatoms. The Labute approximate surface area is 117 Å². The van der Waals surface area contributed by atoms with Gasteiger partial charge in [0.05, 0.1) is 6.33 Å². The molecule has 2 heterocycles. The zero-order valence-corrected chi connectivity index (χ0v) is 8.85. The van der Waals surface area contributed by atoms with Crippen molar-refractivity contribution in [3.05, 3.63) is 12.7 Å². The third-order valence-corrected chi connectivity index (χ3v) is 2.43. The standard InChI is InChI=1S/C10H15N5.Na.H/c1-2-3-4-5-15-7-14-8-9(11)12-6-13-10(8)15;;/h6-7H,2-5H2,1H3,(H2,11,12,13);;. The number of hydrogen-bond acceptors (Lipinski definition) is 4. The molecule has 0 unspecified atom stereocenters. The number of unbranched alkanes of at least 4 members (excludes halogenated alkanes) is 2. The SMILES string of the molecule is CCCCCn1cnc2c(N)ncnc21.[NaH]. The quantitative estimate of drug-likeness (QED) is 0.626. The maximum atomic E-state index is 5.70. The molecule has 2 N–H and O–H groups in total. The summed E-state index contributed by atoms with van der Waals surface area (Å²) < 4.78 is 2.03. The Balaban J connectivity index is 0.00000128.